The Morgan fingerprint density at radius 3 is 2.24 bits per heavy atom. The first-order valence-electron chi connectivity index (χ1n) is 7.64. The minimum Gasteiger partial charge on any atom is -0.406 e. The number of alkyl halides is 3. The molecule has 4 nitrogen and oxygen atoms in total. The number of halogens is 3. The fourth-order valence-electron chi connectivity index (χ4n) is 1.92. The van der Waals surface area contributed by atoms with Crippen molar-refractivity contribution in [3.8, 4) is 5.75 Å². The first kappa shape index (κ1) is 21.2. The highest BCUT2D eigenvalue weighted by atomic mass is 32.2. The Morgan fingerprint density at radius 2 is 1.72 bits per heavy atom. The molecular formula is C17H22F3NO3S. The molecule has 0 saturated carbocycles. The Hall–Kier alpha value is -1.80. The van der Waals surface area contributed by atoms with E-state index in [0.717, 1.165) is 42.7 Å². The largest absolute Gasteiger partial charge is 0.573 e. The molecule has 1 aromatic carbocycles. The lowest BCUT2D eigenvalue weighted by Gasteiger charge is -2.10. The van der Waals surface area contributed by atoms with E-state index in [2.05, 4.69) is 15.5 Å². The second-order valence-corrected chi connectivity index (χ2v) is 7.51. The molecule has 0 aliphatic heterocycles. The molecule has 0 atom stereocenters. The zero-order chi connectivity index (χ0) is 19.1. The van der Waals surface area contributed by atoms with Crippen LogP contribution in [0, 0.1) is 0 Å². The van der Waals surface area contributed by atoms with Crippen LogP contribution in [0.5, 0.6) is 5.75 Å². The number of nitrogens with one attached hydrogen (secondary N) is 1. The predicted octanol–water partition coefficient (Wildman–Crippen LogP) is 4.56. The fourth-order valence-corrected chi connectivity index (χ4v) is 2.88. The maximum absolute atomic E-state index is 12.1. The van der Waals surface area contributed by atoms with Crippen LogP contribution in [-0.4, -0.2) is 21.3 Å². The summed E-state index contributed by atoms with van der Waals surface area (Å²) in [5, 5.41) is 0. The average molecular weight is 377 g/mol. The lowest BCUT2D eigenvalue weighted by molar-refractivity contribution is -0.274. The van der Waals surface area contributed by atoms with Crippen LogP contribution in [0.25, 0.3) is 0 Å². The van der Waals surface area contributed by atoms with Crippen molar-refractivity contribution in [3.05, 3.63) is 47.6 Å². The molecule has 1 rings (SSSR count). The molecule has 0 unspecified atom stereocenters. The molecule has 1 N–H and O–H groups in total. The van der Waals surface area contributed by atoms with Crippen molar-refractivity contribution in [3.63, 3.8) is 0 Å². The van der Waals surface area contributed by atoms with Gasteiger partial charge in [0.15, 0.2) is 0 Å². The number of rotatable bonds is 8. The third-order valence-corrected chi connectivity index (χ3v) is 4.62. The lowest BCUT2D eigenvalue weighted by Crippen LogP contribution is -2.24. The molecule has 0 bridgehead atoms. The molecule has 0 aliphatic rings. The van der Waals surface area contributed by atoms with Crippen LogP contribution in [0.1, 0.15) is 33.6 Å². The molecule has 0 amide bonds. The summed E-state index contributed by atoms with van der Waals surface area (Å²) in [6.07, 6.45) is 0.782. The van der Waals surface area contributed by atoms with Gasteiger partial charge >= 0.3 is 6.36 Å². The van der Waals surface area contributed by atoms with E-state index >= 15 is 0 Å². The number of sulfonamides is 1. The summed E-state index contributed by atoms with van der Waals surface area (Å²) >= 11 is 0. The van der Waals surface area contributed by atoms with Crippen molar-refractivity contribution in [2.45, 2.75) is 44.9 Å². The maximum atomic E-state index is 12.1. The molecule has 1 aromatic rings. The van der Waals surface area contributed by atoms with E-state index < -0.39 is 22.1 Å². The van der Waals surface area contributed by atoms with Crippen molar-refractivity contribution in [1.29, 1.82) is 0 Å². The first-order chi connectivity index (χ1) is 11.5. The first-order valence-corrected chi connectivity index (χ1v) is 9.12. The van der Waals surface area contributed by atoms with Gasteiger partial charge in [0, 0.05) is 6.54 Å². The molecule has 0 aromatic heterocycles. The van der Waals surface area contributed by atoms with Crippen molar-refractivity contribution in [2.75, 3.05) is 6.54 Å². The van der Waals surface area contributed by atoms with Crippen LogP contribution in [0.3, 0.4) is 0 Å². The van der Waals surface area contributed by atoms with Gasteiger partial charge in [0.1, 0.15) is 5.75 Å². The Kier molecular flexibility index (Phi) is 7.69. The molecule has 0 aliphatic carbocycles. The third-order valence-electron chi connectivity index (χ3n) is 3.18. The molecule has 0 spiro atoms. The second-order valence-electron chi connectivity index (χ2n) is 5.74. The summed E-state index contributed by atoms with van der Waals surface area (Å²) in [6, 6.07) is 4.05. The number of hydrogen-bond donors (Lipinski definition) is 1. The fraction of sp³-hybridized carbons (Fsp3) is 0.412. The summed E-state index contributed by atoms with van der Waals surface area (Å²) in [4.78, 5) is -0.127. The number of hydrogen-bond acceptors (Lipinski definition) is 3. The summed E-state index contributed by atoms with van der Waals surface area (Å²) in [5.74, 6) is -0.471. The molecule has 25 heavy (non-hydrogen) atoms. The third kappa shape index (κ3) is 8.74. The molecule has 0 saturated heterocycles. The van der Waals surface area contributed by atoms with Gasteiger partial charge in [0.05, 0.1) is 4.90 Å². The quantitative estimate of drug-likeness (QED) is 0.676. The van der Waals surface area contributed by atoms with Crippen molar-refractivity contribution in [2.24, 2.45) is 0 Å². The van der Waals surface area contributed by atoms with Gasteiger partial charge in [-0.05, 0) is 57.9 Å². The van der Waals surface area contributed by atoms with E-state index in [1.54, 1.807) is 6.08 Å². The molecule has 0 radical (unpaired) electrons. The van der Waals surface area contributed by atoms with Crippen LogP contribution < -0.4 is 9.46 Å². The summed E-state index contributed by atoms with van der Waals surface area (Å²) < 4.78 is 66.6. The van der Waals surface area contributed by atoms with E-state index in [0.29, 0.717) is 0 Å². The maximum Gasteiger partial charge on any atom is 0.573 e. The van der Waals surface area contributed by atoms with Gasteiger partial charge in [0.2, 0.25) is 10.0 Å². The molecule has 8 heteroatoms. The van der Waals surface area contributed by atoms with Gasteiger partial charge in [-0.25, -0.2) is 13.1 Å². The Labute approximate surface area is 146 Å². The zero-order valence-electron chi connectivity index (χ0n) is 14.4. The molecular weight excluding hydrogens is 355 g/mol. The highest BCUT2D eigenvalue weighted by Crippen LogP contribution is 2.23. The number of benzene rings is 1. The second kappa shape index (κ2) is 9.05. The van der Waals surface area contributed by atoms with Crippen molar-refractivity contribution >= 4 is 10.0 Å². The molecule has 140 valence electrons. The van der Waals surface area contributed by atoms with Crippen LogP contribution in [0.15, 0.2) is 52.5 Å². The standard InChI is InChI=1S/C17H22F3NO3S/c1-13(2)5-4-6-14(3)11-12-21-25(22,23)16-9-7-15(8-10-16)24-17(18,19)20/h5,7-11,21H,4,6,12H2,1-3H3/b14-11+. The monoisotopic (exact) mass is 377 g/mol. The molecule has 0 heterocycles. The zero-order valence-corrected chi connectivity index (χ0v) is 15.2. The van der Waals surface area contributed by atoms with Gasteiger partial charge in [-0.2, -0.15) is 0 Å². The van der Waals surface area contributed by atoms with E-state index in [9.17, 15) is 21.6 Å². The van der Waals surface area contributed by atoms with Crippen LogP contribution in [-0.2, 0) is 10.0 Å². The lowest BCUT2D eigenvalue weighted by atomic mass is 10.1. The van der Waals surface area contributed by atoms with Crippen molar-refractivity contribution < 1.29 is 26.3 Å². The van der Waals surface area contributed by atoms with Gasteiger partial charge in [-0.1, -0.05) is 23.3 Å². The minimum atomic E-state index is -4.81. The van der Waals surface area contributed by atoms with Crippen LogP contribution in [0.4, 0.5) is 13.2 Å². The van der Waals surface area contributed by atoms with E-state index in [-0.39, 0.29) is 11.4 Å². The Balaban J connectivity index is 2.62. The molecule has 0 fully saturated rings. The van der Waals surface area contributed by atoms with Gasteiger partial charge in [-0.15, -0.1) is 13.2 Å². The van der Waals surface area contributed by atoms with Gasteiger partial charge in [-0.3, -0.25) is 0 Å². The topological polar surface area (TPSA) is 55.4 Å². The van der Waals surface area contributed by atoms with E-state index in [4.69, 9.17) is 0 Å². The van der Waals surface area contributed by atoms with E-state index in [1.807, 2.05) is 20.8 Å². The minimum absolute atomic E-state index is 0.115. The van der Waals surface area contributed by atoms with Gasteiger partial charge in [0.25, 0.3) is 0 Å². The Morgan fingerprint density at radius 1 is 1.12 bits per heavy atom. The van der Waals surface area contributed by atoms with Crippen LogP contribution >= 0.6 is 0 Å². The van der Waals surface area contributed by atoms with E-state index in [1.165, 1.54) is 5.57 Å². The highest BCUT2D eigenvalue weighted by molar-refractivity contribution is 7.89. The summed E-state index contributed by atoms with van der Waals surface area (Å²) in [5.41, 5.74) is 2.28. The summed E-state index contributed by atoms with van der Waals surface area (Å²) in [7, 11) is -3.79. The Bertz CT molecular complexity index is 717. The van der Waals surface area contributed by atoms with Crippen LogP contribution in [0.2, 0.25) is 0 Å². The highest BCUT2D eigenvalue weighted by Gasteiger charge is 2.31. The smallest absolute Gasteiger partial charge is 0.406 e. The van der Waals surface area contributed by atoms with Crippen molar-refractivity contribution in [1.82, 2.24) is 4.72 Å². The van der Waals surface area contributed by atoms with Gasteiger partial charge < -0.3 is 4.74 Å². The average Bonchev–Trinajstić information content (AvgIpc) is 2.45. The number of ether oxygens (including phenoxy) is 1. The number of allylic oxidation sites excluding steroid dienone is 3. The predicted molar refractivity (Wildman–Crippen MR) is 90.7 cm³/mol. The SMILES string of the molecule is CC(C)=CCC/C(C)=C/CNS(=O)(=O)c1ccc(OC(F)(F)F)cc1. The summed E-state index contributed by atoms with van der Waals surface area (Å²) in [6.45, 7) is 6.05. The normalized spacial score (nSPS) is 12.8.